The number of benzene rings is 1. The van der Waals surface area contributed by atoms with E-state index in [-0.39, 0.29) is 35.9 Å². The SMILES string of the molecule is O=C(C1CC1)N(CCNS(=O)(=O)c1ccccc1F)C1CCOCC1. The van der Waals surface area contributed by atoms with E-state index >= 15 is 0 Å². The van der Waals surface area contributed by atoms with Crippen molar-refractivity contribution in [1.82, 2.24) is 9.62 Å². The van der Waals surface area contributed by atoms with Gasteiger partial charge < -0.3 is 9.64 Å². The molecular formula is C17H23FN2O4S. The van der Waals surface area contributed by atoms with Gasteiger partial charge in [-0.25, -0.2) is 17.5 Å². The summed E-state index contributed by atoms with van der Waals surface area (Å²) in [6, 6.07) is 5.33. The summed E-state index contributed by atoms with van der Waals surface area (Å²) in [5, 5.41) is 0. The van der Waals surface area contributed by atoms with Crippen LogP contribution in [0.3, 0.4) is 0 Å². The van der Waals surface area contributed by atoms with Gasteiger partial charge >= 0.3 is 0 Å². The van der Waals surface area contributed by atoms with Gasteiger partial charge in [0.25, 0.3) is 0 Å². The summed E-state index contributed by atoms with van der Waals surface area (Å²) in [7, 11) is -3.94. The smallest absolute Gasteiger partial charge is 0.243 e. The molecule has 1 saturated carbocycles. The standard InChI is InChI=1S/C17H23FN2O4S/c18-15-3-1-2-4-16(15)25(22,23)19-9-10-20(17(21)13-5-6-13)14-7-11-24-12-8-14/h1-4,13-14,19H,5-12H2. The van der Waals surface area contributed by atoms with Crippen LogP contribution in [0.25, 0.3) is 0 Å². The van der Waals surface area contributed by atoms with Crippen LogP contribution in [0.5, 0.6) is 0 Å². The number of carbonyl (C=O) groups is 1. The zero-order valence-electron chi connectivity index (χ0n) is 14.0. The van der Waals surface area contributed by atoms with Crippen molar-refractivity contribution >= 4 is 15.9 Å². The van der Waals surface area contributed by atoms with E-state index in [2.05, 4.69) is 4.72 Å². The van der Waals surface area contributed by atoms with Gasteiger partial charge in [0.2, 0.25) is 15.9 Å². The molecule has 1 heterocycles. The molecule has 1 saturated heterocycles. The summed E-state index contributed by atoms with van der Waals surface area (Å²) < 4.78 is 46.0. The van der Waals surface area contributed by atoms with Crippen LogP contribution in [0.2, 0.25) is 0 Å². The van der Waals surface area contributed by atoms with Crippen LogP contribution in [0.1, 0.15) is 25.7 Å². The minimum absolute atomic E-state index is 0.0620. The summed E-state index contributed by atoms with van der Waals surface area (Å²) >= 11 is 0. The van der Waals surface area contributed by atoms with Gasteiger partial charge in [-0.2, -0.15) is 0 Å². The van der Waals surface area contributed by atoms with Gasteiger partial charge in [-0.15, -0.1) is 0 Å². The quantitative estimate of drug-likeness (QED) is 0.790. The molecule has 0 radical (unpaired) electrons. The lowest BCUT2D eigenvalue weighted by molar-refractivity contribution is -0.136. The number of ether oxygens (including phenoxy) is 1. The molecule has 0 spiro atoms. The second-order valence-electron chi connectivity index (χ2n) is 6.48. The number of hydrogen-bond donors (Lipinski definition) is 1. The molecular weight excluding hydrogens is 347 g/mol. The minimum Gasteiger partial charge on any atom is -0.381 e. The summed E-state index contributed by atoms with van der Waals surface area (Å²) in [5.41, 5.74) is 0. The van der Waals surface area contributed by atoms with Gasteiger partial charge in [0.15, 0.2) is 0 Å². The van der Waals surface area contributed by atoms with Crippen LogP contribution in [0.4, 0.5) is 4.39 Å². The molecule has 0 atom stereocenters. The summed E-state index contributed by atoms with van der Waals surface area (Å²) in [6.07, 6.45) is 3.33. The Bertz CT molecular complexity index is 715. The van der Waals surface area contributed by atoms with Crippen LogP contribution in [-0.2, 0) is 19.6 Å². The lowest BCUT2D eigenvalue weighted by Gasteiger charge is -2.34. The van der Waals surface area contributed by atoms with Gasteiger partial charge in [0.05, 0.1) is 0 Å². The molecule has 1 N–H and O–H groups in total. The number of carbonyl (C=O) groups excluding carboxylic acids is 1. The number of rotatable bonds is 7. The number of nitrogens with zero attached hydrogens (tertiary/aromatic N) is 1. The van der Waals surface area contributed by atoms with Gasteiger partial charge in [-0.3, -0.25) is 4.79 Å². The molecule has 8 heteroatoms. The zero-order chi connectivity index (χ0) is 17.9. The van der Waals surface area contributed by atoms with Crippen molar-refractivity contribution in [3.8, 4) is 0 Å². The maximum Gasteiger partial charge on any atom is 0.243 e. The average Bonchev–Trinajstić information content (AvgIpc) is 3.44. The number of nitrogens with one attached hydrogen (secondary N) is 1. The Hall–Kier alpha value is -1.51. The normalized spacial score (nSPS) is 18.9. The first-order valence-corrected chi connectivity index (χ1v) is 10.1. The van der Waals surface area contributed by atoms with E-state index in [4.69, 9.17) is 4.74 Å². The molecule has 0 unspecified atom stereocenters. The van der Waals surface area contributed by atoms with E-state index in [9.17, 15) is 17.6 Å². The van der Waals surface area contributed by atoms with E-state index in [1.165, 1.54) is 18.2 Å². The Morgan fingerprint density at radius 2 is 1.88 bits per heavy atom. The predicted molar refractivity (Wildman–Crippen MR) is 89.9 cm³/mol. The van der Waals surface area contributed by atoms with E-state index in [0.29, 0.717) is 13.2 Å². The summed E-state index contributed by atoms with van der Waals surface area (Å²) in [6.45, 7) is 1.57. The van der Waals surface area contributed by atoms with Crippen LogP contribution in [-0.4, -0.2) is 51.6 Å². The van der Waals surface area contributed by atoms with E-state index < -0.39 is 15.8 Å². The highest BCUT2D eigenvalue weighted by Crippen LogP contribution is 2.32. The minimum atomic E-state index is -3.94. The number of sulfonamides is 1. The van der Waals surface area contributed by atoms with Crippen LogP contribution < -0.4 is 4.72 Å². The van der Waals surface area contributed by atoms with Crippen molar-refractivity contribution in [3.05, 3.63) is 30.1 Å². The van der Waals surface area contributed by atoms with E-state index in [1.807, 2.05) is 0 Å². The molecule has 1 aliphatic carbocycles. The van der Waals surface area contributed by atoms with E-state index in [1.54, 1.807) is 4.90 Å². The van der Waals surface area contributed by atoms with Gasteiger partial charge in [0.1, 0.15) is 10.7 Å². The van der Waals surface area contributed by atoms with Crippen molar-refractivity contribution in [2.45, 2.75) is 36.6 Å². The fourth-order valence-corrected chi connectivity index (χ4v) is 4.17. The predicted octanol–water partition coefficient (Wildman–Crippen LogP) is 1.52. The first-order valence-electron chi connectivity index (χ1n) is 8.61. The highest BCUT2D eigenvalue weighted by Gasteiger charge is 2.36. The van der Waals surface area contributed by atoms with Crippen LogP contribution in [0.15, 0.2) is 29.2 Å². The number of hydrogen-bond acceptors (Lipinski definition) is 4. The monoisotopic (exact) mass is 370 g/mol. The Labute approximate surface area is 147 Å². The third-order valence-electron chi connectivity index (χ3n) is 4.61. The molecule has 138 valence electrons. The molecule has 1 aliphatic heterocycles. The largest absolute Gasteiger partial charge is 0.381 e. The van der Waals surface area contributed by atoms with Crippen molar-refractivity contribution in [3.63, 3.8) is 0 Å². The van der Waals surface area contributed by atoms with Gasteiger partial charge in [-0.05, 0) is 37.8 Å². The first-order chi connectivity index (χ1) is 12.0. The lowest BCUT2D eigenvalue weighted by Crippen LogP contribution is -2.47. The highest BCUT2D eigenvalue weighted by molar-refractivity contribution is 7.89. The molecule has 1 aromatic rings. The van der Waals surface area contributed by atoms with Crippen molar-refractivity contribution in [1.29, 1.82) is 0 Å². The Kier molecular flexibility index (Phi) is 5.71. The van der Waals surface area contributed by atoms with Crippen molar-refractivity contribution < 1.29 is 22.3 Å². The maximum atomic E-state index is 13.7. The fraction of sp³-hybridized carbons (Fsp3) is 0.588. The summed E-state index contributed by atoms with van der Waals surface area (Å²) in [5.74, 6) is -0.617. The third kappa shape index (κ3) is 4.56. The van der Waals surface area contributed by atoms with Crippen LogP contribution in [0, 0.1) is 11.7 Å². The second kappa shape index (κ2) is 7.80. The third-order valence-corrected chi connectivity index (χ3v) is 6.11. The topological polar surface area (TPSA) is 75.7 Å². The van der Waals surface area contributed by atoms with Crippen molar-refractivity contribution in [2.75, 3.05) is 26.3 Å². The number of amides is 1. The second-order valence-corrected chi connectivity index (χ2v) is 8.21. The maximum absolute atomic E-state index is 13.7. The molecule has 2 aliphatic rings. The van der Waals surface area contributed by atoms with E-state index in [0.717, 1.165) is 31.7 Å². The van der Waals surface area contributed by atoms with Crippen molar-refractivity contribution in [2.24, 2.45) is 5.92 Å². The van der Waals surface area contributed by atoms with Gasteiger partial charge in [0, 0.05) is 38.3 Å². The van der Waals surface area contributed by atoms with Crippen LogP contribution >= 0.6 is 0 Å². The summed E-state index contributed by atoms with van der Waals surface area (Å²) in [4.78, 5) is 13.9. The molecule has 1 aromatic carbocycles. The Morgan fingerprint density at radius 3 is 2.52 bits per heavy atom. The fourth-order valence-electron chi connectivity index (χ4n) is 3.08. The molecule has 6 nitrogen and oxygen atoms in total. The number of halogens is 1. The Morgan fingerprint density at radius 1 is 1.20 bits per heavy atom. The average molecular weight is 370 g/mol. The lowest BCUT2D eigenvalue weighted by atomic mass is 10.1. The molecule has 0 aromatic heterocycles. The molecule has 3 rings (SSSR count). The first kappa shape index (κ1) is 18.3. The zero-order valence-corrected chi connectivity index (χ0v) is 14.8. The molecule has 0 bridgehead atoms. The molecule has 25 heavy (non-hydrogen) atoms. The Balaban J connectivity index is 1.62. The molecule has 2 fully saturated rings. The highest BCUT2D eigenvalue weighted by atomic mass is 32.2. The molecule has 1 amide bonds. The van der Waals surface area contributed by atoms with Gasteiger partial charge in [-0.1, -0.05) is 12.1 Å².